The van der Waals surface area contributed by atoms with Crippen LogP contribution in [0.3, 0.4) is 0 Å². The number of carbonyl (C=O) groups is 1. The molecule has 4 N–H and O–H groups in total. The van der Waals surface area contributed by atoms with Gasteiger partial charge in [0.25, 0.3) is 0 Å². The lowest BCUT2D eigenvalue weighted by Gasteiger charge is -2.23. The highest BCUT2D eigenvalue weighted by molar-refractivity contribution is 5.93. The zero-order valence-corrected chi connectivity index (χ0v) is 12.1. The topological polar surface area (TPSA) is 72.3 Å². The first-order chi connectivity index (χ1) is 10.1. The molecular weight excluding hydrogens is 302 g/mol. The maximum atomic E-state index is 14.1. The molecule has 0 aromatic heterocycles. The van der Waals surface area contributed by atoms with Gasteiger partial charge in [-0.3, -0.25) is 4.79 Å². The molecule has 0 fully saturated rings. The van der Waals surface area contributed by atoms with Gasteiger partial charge in [0.1, 0.15) is 5.82 Å². The fraction of sp³-hybridized carbons (Fsp3) is 0.357. The number of benzene rings is 1. The number of nitrogens with zero attached hydrogens (tertiary/aromatic N) is 1. The van der Waals surface area contributed by atoms with Crippen molar-refractivity contribution in [1.29, 1.82) is 0 Å². The fourth-order valence-corrected chi connectivity index (χ4v) is 1.72. The summed E-state index contributed by atoms with van der Waals surface area (Å²) < 4.78 is 52.2. The van der Waals surface area contributed by atoms with Crippen molar-refractivity contribution in [2.75, 3.05) is 6.54 Å². The number of primary amides is 1. The Morgan fingerprint density at radius 3 is 2.41 bits per heavy atom. The van der Waals surface area contributed by atoms with Gasteiger partial charge in [-0.2, -0.15) is 13.2 Å². The molecule has 0 aliphatic carbocycles. The molecule has 1 rings (SSSR count). The predicted molar refractivity (Wildman–Crippen MR) is 74.7 cm³/mol. The molecule has 0 radical (unpaired) electrons. The average molecular weight is 319 g/mol. The van der Waals surface area contributed by atoms with Crippen molar-refractivity contribution in [3.05, 3.63) is 41.2 Å². The molecule has 0 aliphatic heterocycles. The van der Waals surface area contributed by atoms with E-state index in [1.807, 2.05) is 0 Å². The second-order valence-corrected chi connectivity index (χ2v) is 4.73. The van der Waals surface area contributed by atoms with E-state index in [9.17, 15) is 22.4 Å². The van der Waals surface area contributed by atoms with Crippen LogP contribution in [0.5, 0.6) is 0 Å². The molecule has 0 saturated heterocycles. The van der Waals surface area contributed by atoms with Crippen LogP contribution >= 0.6 is 0 Å². The molecule has 1 aromatic rings. The first-order valence-electron chi connectivity index (χ1n) is 6.48. The highest BCUT2D eigenvalue weighted by Crippen LogP contribution is 2.31. The molecule has 0 aliphatic rings. The number of nitrogens with two attached hydrogens (primary N) is 2. The highest BCUT2D eigenvalue weighted by Gasteiger charge is 2.35. The van der Waals surface area contributed by atoms with Gasteiger partial charge >= 0.3 is 6.18 Å². The maximum absolute atomic E-state index is 14.1. The quantitative estimate of drug-likeness (QED) is 0.498. The van der Waals surface area contributed by atoms with E-state index in [1.54, 1.807) is 6.92 Å². The summed E-state index contributed by atoms with van der Waals surface area (Å²) in [6.45, 7) is 2.73. The molecule has 0 heterocycles. The fourth-order valence-electron chi connectivity index (χ4n) is 1.72. The molecule has 0 saturated carbocycles. The minimum absolute atomic E-state index is 0.0791. The van der Waals surface area contributed by atoms with Crippen molar-refractivity contribution in [1.82, 2.24) is 5.01 Å². The smallest absolute Gasteiger partial charge is 0.366 e. The summed E-state index contributed by atoms with van der Waals surface area (Å²) in [6.07, 6.45) is -3.63. The summed E-state index contributed by atoms with van der Waals surface area (Å²) in [6, 6.07) is 3.28. The molecule has 122 valence electrons. The molecule has 22 heavy (non-hydrogen) atoms. The van der Waals surface area contributed by atoms with Gasteiger partial charge in [0.2, 0.25) is 5.91 Å². The lowest BCUT2D eigenvalue weighted by molar-refractivity contribution is -0.156. The highest BCUT2D eigenvalue weighted by atomic mass is 19.4. The Morgan fingerprint density at radius 2 is 2.00 bits per heavy atom. The van der Waals surface area contributed by atoms with Crippen molar-refractivity contribution >= 4 is 11.6 Å². The Labute approximate surface area is 125 Å². The van der Waals surface area contributed by atoms with E-state index >= 15 is 0 Å². The molecular formula is C14H17F4N3O. The van der Waals surface area contributed by atoms with E-state index in [4.69, 9.17) is 11.6 Å². The van der Waals surface area contributed by atoms with Crippen LogP contribution in [0.15, 0.2) is 24.3 Å². The standard InChI is InChI=1S/C14H17F4N3O/c1-3-21(20)12(6-8(2)14(16,17)18)10-5-4-9(13(19)22)7-11(10)15/h4-8H,3,20H2,1-2H3,(H2,19,22)/b12-6-. The summed E-state index contributed by atoms with van der Waals surface area (Å²) in [7, 11) is 0. The lowest BCUT2D eigenvalue weighted by Crippen LogP contribution is -2.31. The minimum atomic E-state index is -4.47. The Morgan fingerprint density at radius 1 is 1.41 bits per heavy atom. The largest absolute Gasteiger partial charge is 0.394 e. The number of hydrogen-bond donors (Lipinski definition) is 2. The Hall–Kier alpha value is -2.09. The monoisotopic (exact) mass is 319 g/mol. The predicted octanol–water partition coefficient (Wildman–Crippen LogP) is 2.66. The van der Waals surface area contributed by atoms with Crippen molar-refractivity contribution in [3.63, 3.8) is 0 Å². The van der Waals surface area contributed by atoms with Crippen LogP contribution in [0.4, 0.5) is 17.6 Å². The van der Waals surface area contributed by atoms with E-state index in [2.05, 4.69) is 0 Å². The lowest BCUT2D eigenvalue weighted by atomic mass is 10.0. The molecule has 4 nitrogen and oxygen atoms in total. The zero-order chi connectivity index (χ0) is 17.1. The van der Waals surface area contributed by atoms with E-state index in [0.29, 0.717) is 0 Å². The molecule has 1 aromatic carbocycles. The Bertz CT molecular complexity index is 584. The first kappa shape index (κ1) is 18.0. The van der Waals surface area contributed by atoms with Crippen molar-refractivity contribution in [3.8, 4) is 0 Å². The summed E-state index contributed by atoms with van der Waals surface area (Å²) in [5.41, 5.74) is 4.71. The number of allylic oxidation sites excluding steroid dienone is 1. The van der Waals surface area contributed by atoms with Crippen molar-refractivity contribution in [2.24, 2.45) is 17.5 Å². The number of rotatable bonds is 5. The minimum Gasteiger partial charge on any atom is -0.366 e. The number of hydrogen-bond acceptors (Lipinski definition) is 3. The van der Waals surface area contributed by atoms with Crippen LogP contribution in [-0.4, -0.2) is 23.6 Å². The van der Waals surface area contributed by atoms with Crippen molar-refractivity contribution < 1.29 is 22.4 Å². The van der Waals surface area contributed by atoms with Gasteiger partial charge in [0, 0.05) is 17.7 Å². The van der Waals surface area contributed by atoms with E-state index in [-0.39, 0.29) is 23.4 Å². The third-order valence-electron chi connectivity index (χ3n) is 3.10. The Balaban J connectivity index is 3.35. The van der Waals surface area contributed by atoms with Gasteiger partial charge in [0.05, 0.1) is 11.6 Å². The number of halogens is 4. The summed E-state index contributed by atoms with van der Waals surface area (Å²) in [5.74, 6) is 2.13. The van der Waals surface area contributed by atoms with Gasteiger partial charge in [-0.15, -0.1) is 0 Å². The molecule has 0 spiro atoms. The second-order valence-electron chi connectivity index (χ2n) is 4.73. The Kier molecular flexibility index (Phi) is 5.54. The van der Waals surface area contributed by atoms with Gasteiger partial charge in [0.15, 0.2) is 0 Å². The molecule has 1 amide bonds. The van der Waals surface area contributed by atoms with Gasteiger partial charge in [-0.1, -0.05) is 6.92 Å². The molecule has 1 unspecified atom stereocenters. The number of hydrazine groups is 1. The number of amides is 1. The number of alkyl halides is 3. The molecule has 1 atom stereocenters. The van der Waals surface area contributed by atoms with Crippen LogP contribution in [0, 0.1) is 11.7 Å². The van der Waals surface area contributed by atoms with Crippen LogP contribution in [0.1, 0.15) is 29.8 Å². The van der Waals surface area contributed by atoms with E-state index in [1.165, 1.54) is 12.1 Å². The third kappa shape index (κ3) is 4.20. The van der Waals surface area contributed by atoms with Crippen LogP contribution < -0.4 is 11.6 Å². The normalized spacial score (nSPS) is 13.9. The zero-order valence-electron chi connectivity index (χ0n) is 12.1. The summed E-state index contributed by atoms with van der Waals surface area (Å²) >= 11 is 0. The molecule has 8 heteroatoms. The van der Waals surface area contributed by atoms with E-state index < -0.39 is 23.8 Å². The summed E-state index contributed by atoms with van der Waals surface area (Å²) in [4.78, 5) is 11.0. The maximum Gasteiger partial charge on any atom is 0.394 e. The van der Waals surface area contributed by atoms with Gasteiger partial charge in [-0.25, -0.2) is 10.2 Å². The average Bonchev–Trinajstić information content (AvgIpc) is 2.42. The van der Waals surface area contributed by atoms with Crippen molar-refractivity contribution in [2.45, 2.75) is 20.0 Å². The second kappa shape index (κ2) is 6.78. The number of carbonyl (C=O) groups excluding carboxylic acids is 1. The van der Waals surface area contributed by atoms with Gasteiger partial charge in [-0.05, 0) is 31.2 Å². The van der Waals surface area contributed by atoms with Crippen LogP contribution in [0.25, 0.3) is 5.70 Å². The summed E-state index contributed by atoms with van der Waals surface area (Å²) in [5, 5.41) is 1.00. The van der Waals surface area contributed by atoms with Gasteiger partial charge < -0.3 is 10.7 Å². The third-order valence-corrected chi connectivity index (χ3v) is 3.10. The first-order valence-corrected chi connectivity index (χ1v) is 6.48. The SMILES string of the molecule is CCN(N)/C(=C\C(C)C(F)(F)F)c1ccc(C(N)=O)cc1F. The van der Waals surface area contributed by atoms with Crippen LogP contribution in [-0.2, 0) is 0 Å². The van der Waals surface area contributed by atoms with Crippen LogP contribution in [0.2, 0.25) is 0 Å². The van der Waals surface area contributed by atoms with E-state index in [0.717, 1.165) is 24.1 Å². The molecule has 0 bridgehead atoms.